The van der Waals surface area contributed by atoms with Gasteiger partial charge in [-0.1, -0.05) is 20.8 Å². The zero-order valence-corrected chi connectivity index (χ0v) is 13.0. The molecule has 2 rings (SSSR count). The molecule has 0 unspecified atom stereocenters. The molecule has 0 spiro atoms. The summed E-state index contributed by atoms with van der Waals surface area (Å²) in [5, 5.41) is 3.44. The smallest absolute Gasteiger partial charge is 0.133 e. The van der Waals surface area contributed by atoms with Gasteiger partial charge in [0.25, 0.3) is 0 Å². The first-order chi connectivity index (χ1) is 8.93. The number of hydrogen-bond acceptors (Lipinski definition) is 3. The first-order valence-electron chi connectivity index (χ1n) is 7.36. The fraction of sp³-hybridized carbons (Fsp3) is 0.688. The largest absolute Gasteiger partial charge is 0.356 e. The van der Waals surface area contributed by atoms with Crippen molar-refractivity contribution in [1.82, 2.24) is 10.3 Å². The van der Waals surface area contributed by atoms with E-state index < -0.39 is 0 Å². The molecule has 1 N–H and O–H groups in total. The lowest BCUT2D eigenvalue weighted by Gasteiger charge is -2.24. The van der Waals surface area contributed by atoms with E-state index in [9.17, 15) is 0 Å². The minimum absolute atomic E-state index is 0.411. The normalized spacial score (nSPS) is 18.1. The molecule has 0 amide bonds. The van der Waals surface area contributed by atoms with E-state index >= 15 is 0 Å². The van der Waals surface area contributed by atoms with E-state index in [0.29, 0.717) is 5.41 Å². The van der Waals surface area contributed by atoms with Crippen LogP contribution in [0.2, 0.25) is 0 Å². The monoisotopic (exact) mass is 261 g/mol. The van der Waals surface area contributed by atoms with Gasteiger partial charge in [0.1, 0.15) is 5.82 Å². The van der Waals surface area contributed by atoms with Crippen molar-refractivity contribution in [3.8, 4) is 0 Å². The van der Waals surface area contributed by atoms with Gasteiger partial charge in [-0.25, -0.2) is 4.98 Å². The standard InChI is InChI=1S/C16H27N3/c1-6-17-10-14-12(2)9-13(3)18-15(14)19-8-7-16(4,5)11-19/h9,17H,6-8,10-11H2,1-5H3. The molecule has 3 heteroatoms. The zero-order chi connectivity index (χ0) is 14.0. The quantitative estimate of drug-likeness (QED) is 0.903. The molecule has 106 valence electrons. The van der Waals surface area contributed by atoms with E-state index in [4.69, 9.17) is 4.98 Å². The van der Waals surface area contributed by atoms with Crippen LogP contribution in [0.3, 0.4) is 0 Å². The third kappa shape index (κ3) is 3.27. The van der Waals surface area contributed by atoms with E-state index in [0.717, 1.165) is 31.9 Å². The van der Waals surface area contributed by atoms with Gasteiger partial charge < -0.3 is 10.2 Å². The van der Waals surface area contributed by atoms with Crippen LogP contribution in [0, 0.1) is 19.3 Å². The Labute approximate surface area is 117 Å². The maximum atomic E-state index is 4.82. The number of rotatable bonds is 4. The summed E-state index contributed by atoms with van der Waals surface area (Å²) < 4.78 is 0. The van der Waals surface area contributed by atoms with Crippen LogP contribution in [0.15, 0.2) is 6.07 Å². The summed E-state index contributed by atoms with van der Waals surface area (Å²) >= 11 is 0. The molecule has 3 nitrogen and oxygen atoms in total. The van der Waals surface area contributed by atoms with Gasteiger partial charge >= 0.3 is 0 Å². The van der Waals surface area contributed by atoms with Gasteiger partial charge in [-0.2, -0.15) is 0 Å². The number of hydrogen-bond donors (Lipinski definition) is 1. The highest BCUT2D eigenvalue weighted by atomic mass is 15.2. The molecule has 2 heterocycles. The number of anilines is 1. The van der Waals surface area contributed by atoms with Crippen LogP contribution >= 0.6 is 0 Å². The van der Waals surface area contributed by atoms with Crippen molar-refractivity contribution in [2.45, 2.75) is 47.6 Å². The summed E-state index contributed by atoms with van der Waals surface area (Å²) in [5.41, 5.74) is 4.25. The second kappa shape index (κ2) is 5.49. The molecule has 19 heavy (non-hydrogen) atoms. The van der Waals surface area contributed by atoms with E-state index in [-0.39, 0.29) is 0 Å². The first-order valence-corrected chi connectivity index (χ1v) is 7.36. The van der Waals surface area contributed by atoms with E-state index in [1.807, 2.05) is 0 Å². The third-order valence-corrected chi connectivity index (χ3v) is 3.98. The number of nitrogens with zero attached hydrogens (tertiary/aromatic N) is 2. The Kier molecular flexibility index (Phi) is 4.14. The second-order valence-corrected chi connectivity index (χ2v) is 6.50. The average Bonchev–Trinajstić information content (AvgIpc) is 2.67. The van der Waals surface area contributed by atoms with Crippen molar-refractivity contribution >= 4 is 5.82 Å². The van der Waals surface area contributed by atoms with Crippen molar-refractivity contribution in [2.24, 2.45) is 5.41 Å². The molecule has 0 atom stereocenters. The maximum absolute atomic E-state index is 4.82. The molecule has 1 aromatic heterocycles. The molecule has 0 saturated carbocycles. The predicted octanol–water partition coefficient (Wildman–Crippen LogP) is 3.04. The van der Waals surface area contributed by atoms with Crippen LogP contribution in [0.1, 0.15) is 44.0 Å². The van der Waals surface area contributed by atoms with Gasteiger partial charge in [0, 0.05) is 30.9 Å². The second-order valence-electron chi connectivity index (χ2n) is 6.50. The predicted molar refractivity (Wildman–Crippen MR) is 81.7 cm³/mol. The van der Waals surface area contributed by atoms with Crippen molar-refractivity contribution < 1.29 is 0 Å². The molecule has 0 aromatic carbocycles. The summed E-state index contributed by atoms with van der Waals surface area (Å²) in [7, 11) is 0. The van der Waals surface area contributed by atoms with Crippen LogP contribution in [0.5, 0.6) is 0 Å². The topological polar surface area (TPSA) is 28.2 Å². The lowest BCUT2D eigenvalue weighted by Crippen LogP contribution is -2.27. The minimum atomic E-state index is 0.411. The van der Waals surface area contributed by atoms with Crippen molar-refractivity contribution in [3.63, 3.8) is 0 Å². The lowest BCUT2D eigenvalue weighted by molar-refractivity contribution is 0.418. The maximum Gasteiger partial charge on any atom is 0.133 e. The number of aryl methyl sites for hydroxylation is 2. The molecular formula is C16H27N3. The zero-order valence-electron chi connectivity index (χ0n) is 13.0. The first kappa shape index (κ1) is 14.3. The number of aromatic nitrogens is 1. The summed E-state index contributed by atoms with van der Waals surface area (Å²) in [4.78, 5) is 7.29. The molecule has 0 aliphatic carbocycles. The summed E-state index contributed by atoms with van der Waals surface area (Å²) in [6.45, 7) is 15.3. The van der Waals surface area contributed by atoms with Crippen molar-refractivity contribution in [2.75, 3.05) is 24.5 Å². The molecule has 0 radical (unpaired) electrons. The van der Waals surface area contributed by atoms with Crippen molar-refractivity contribution in [3.05, 3.63) is 22.9 Å². The van der Waals surface area contributed by atoms with Crippen LogP contribution in [-0.2, 0) is 6.54 Å². The van der Waals surface area contributed by atoms with Gasteiger partial charge in [-0.3, -0.25) is 0 Å². The minimum Gasteiger partial charge on any atom is -0.356 e. The molecule has 1 saturated heterocycles. The Morgan fingerprint density at radius 1 is 1.37 bits per heavy atom. The van der Waals surface area contributed by atoms with Crippen LogP contribution < -0.4 is 10.2 Å². The van der Waals surface area contributed by atoms with Gasteiger partial charge in [0.05, 0.1) is 0 Å². The van der Waals surface area contributed by atoms with Gasteiger partial charge in [0.15, 0.2) is 0 Å². The highest BCUT2D eigenvalue weighted by Crippen LogP contribution is 2.34. The van der Waals surface area contributed by atoms with E-state index in [2.05, 4.69) is 50.9 Å². The Balaban J connectivity index is 2.32. The summed E-state index contributed by atoms with van der Waals surface area (Å²) in [6, 6.07) is 2.19. The fourth-order valence-corrected chi connectivity index (χ4v) is 2.87. The molecule has 1 aliphatic rings. The average molecular weight is 261 g/mol. The summed E-state index contributed by atoms with van der Waals surface area (Å²) in [5.74, 6) is 1.20. The molecule has 1 fully saturated rings. The Bertz CT molecular complexity index is 452. The molecular weight excluding hydrogens is 234 g/mol. The summed E-state index contributed by atoms with van der Waals surface area (Å²) in [6.07, 6.45) is 1.25. The lowest BCUT2D eigenvalue weighted by atomic mass is 9.93. The fourth-order valence-electron chi connectivity index (χ4n) is 2.87. The molecule has 0 bridgehead atoms. The Morgan fingerprint density at radius 3 is 2.68 bits per heavy atom. The SMILES string of the molecule is CCNCc1c(C)cc(C)nc1N1CCC(C)(C)C1. The van der Waals surface area contributed by atoms with Gasteiger partial charge in [0.2, 0.25) is 0 Å². The van der Waals surface area contributed by atoms with Crippen molar-refractivity contribution in [1.29, 1.82) is 0 Å². The number of pyridine rings is 1. The number of nitrogens with one attached hydrogen (secondary N) is 1. The Hall–Kier alpha value is -1.09. The van der Waals surface area contributed by atoms with E-state index in [1.54, 1.807) is 0 Å². The third-order valence-electron chi connectivity index (χ3n) is 3.98. The van der Waals surface area contributed by atoms with Gasteiger partial charge in [-0.15, -0.1) is 0 Å². The molecule has 1 aromatic rings. The highest BCUT2D eigenvalue weighted by molar-refractivity contribution is 5.52. The van der Waals surface area contributed by atoms with Crippen LogP contribution in [0.25, 0.3) is 0 Å². The van der Waals surface area contributed by atoms with Crippen LogP contribution in [-0.4, -0.2) is 24.6 Å². The van der Waals surface area contributed by atoms with Gasteiger partial charge in [-0.05, 0) is 43.9 Å². The van der Waals surface area contributed by atoms with E-state index in [1.165, 1.54) is 23.4 Å². The Morgan fingerprint density at radius 2 is 2.11 bits per heavy atom. The highest BCUT2D eigenvalue weighted by Gasteiger charge is 2.31. The van der Waals surface area contributed by atoms with Crippen LogP contribution in [0.4, 0.5) is 5.82 Å². The molecule has 1 aliphatic heterocycles.